The first kappa shape index (κ1) is 15.2. The highest BCUT2D eigenvalue weighted by Gasteiger charge is 2.39. The Kier molecular flexibility index (Phi) is 3.36. The van der Waals surface area contributed by atoms with Crippen molar-refractivity contribution < 1.29 is 12.8 Å². The molecule has 24 heavy (non-hydrogen) atoms. The summed E-state index contributed by atoms with van der Waals surface area (Å²) in [5.41, 5.74) is 1.84. The van der Waals surface area contributed by atoms with E-state index in [1.54, 1.807) is 13.1 Å². The van der Waals surface area contributed by atoms with Crippen LogP contribution in [0.3, 0.4) is 0 Å². The van der Waals surface area contributed by atoms with E-state index in [9.17, 15) is 13.2 Å². The Morgan fingerprint density at radius 1 is 1.12 bits per heavy atom. The van der Waals surface area contributed by atoms with E-state index in [0.717, 1.165) is 12.0 Å². The third-order valence-corrected chi connectivity index (χ3v) is 6.43. The average molecular weight is 344 g/mol. The Morgan fingerprint density at radius 2 is 1.88 bits per heavy atom. The number of fused-ring (bicyclic) bond motifs is 1. The number of sulfonamides is 1. The molecule has 7 heteroatoms. The standard InChI is InChI=1S/C17H16N2O4S/c1-18-15-8-7-13(11-16(15)23-17(18)20)24(21,22)19-10-9-14(19)12-5-3-2-4-6-12/h2-8,11,14H,9-10H2,1H3/t14-/m1/s1. The first-order chi connectivity index (χ1) is 11.5. The number of aromatic nitrogens is 1. The second kappa shape index (κ2) is 5.32. The third kappa shape index (κ3) is 2.20. The Labute approximate surface area is 139 Å². The minimum atomic E-state index is -3.63. The lowest BCUT2D eigenvalue weighted by molar-refractivity contribution is 0.202. The highest BCUT2D eigenvalue weighted by atomic mass is 32.2. The van der Waals surface area contributed by atoms with Crippen molar-refractivity contribution in [2.45, 2.75) is 17.4 Å². The van der Waals surface area contributed by atoms with Gasteiger partial charge in [-0.15, -0.1) is 0 Å². The molecule has 0 amide bonds. The first-order valence-electron chi connectivity index (χ1n) is 7.65. The number of rotatable bonds is 3. The molecule has 0 bridgehead atoms. The maximum atomic E-state index is 12.9. The fourth-order valence-corrected chi connectivity index (χ4v) is 4.74. The second-order valence-electron chi connectivity index (χ2n) is 5.89. The number of oxazole rings is 1. The summed E-state index contributed by atoms with van der Waals surface area (Å²) >= 11 is 0. The van der Waals surface area contributed by atoms with E-state index < -0.39 is 15.8 Å². The fraction of sp³-hybridized carbons (Fsp3) is 0.235. The average Bonchev–Trinajstić information content (AvgIpc) is 2.81. The third-order valence-electron chi connectivity index (χ3n) is 4.53. The van der Waals surface area contributed by atoms with Gasteiger partial charge in [-0.3, -0.25) is 4.57 Å². The van der Waals surface area contributed by atoms with E-state index in [1.807, 2.05) is 30.3 Å². The van der Waals surface area contributed by atoms with E-state index in [-0.39, 0.29) is 16.5 Å². The van der Waals surface area contributed by atoms with Crippen molar-refractivity contribution in [3.8, 4) is 0 Å². The van der Waals surface area contributed by atoms with Crippen molar-refractivity contribution in [1.29, 1.82) is 0 Å². The molecule has 1 aliphatic heterocycles. The lowest BCUT2D eigenvalue weighted by atomic mass is 9.98. The first-order valence-corrected chi connectivity index (χ1v) is 9.09. The molecule has 1 aromatic heterocycles. The van der Waals surface area contributed by atoms with Gasteiger partial charge in [0.25, 0.3) is 0 Å². The van der Waals surface area contributed by atoms with Crippen LogP contribution in [-0.4, -0.2) is 23.8 Å². The van der Waals surface area contributed by atoms with Gasteiger partial charge in [-0.2, -0.15) is 4.31 Å². The molecule has 0 aliphatic carbocycles. The van der Waals surface area contributed by atoms with Crippen LogP contribution >= 0.6 is 0 Å². The molecule has 0 radical (unpaired) electrons. The molecule has 0 unspecified atom stereocenters. The van der Waals surface area contributed by atoms with Crippen LogP contribution in [0.2, 0.25) is 0 Å². The monoisotopic (exact) mass is 344 g/mol. The largest absolute Gasteiger partial charge is 0.419 e. The number of hydrogen-bond acceptors (Lipinski definition) is 4. The summed E-state index contributed by atoms with van der Waals surface area (Å²) in [5, 5.41) is 0. The zero-order chi connectivity index (χ0) is 16.9. The van der Waals surface area contributed by atoms with Gasteiger partial charge in [0, 0.05) is 19.7 Å². The van der Waals surface area contributed by atoms with Crippen molar-refractivity contribution in [1.82, 2.24) is 8.87 Å². The molecule has 0 N–H and O–H groups in total. The summed E-state index contributed by atoms with van der Waals surface area (Å²) in [5.74, 6) is -0.509. The molecule has 4 rings (SSSR count). The van der Waals surface area contributed by atoms with Crippen molar-refractivity contribution in [2.24, 2.45) is 7.05 Å². The van der Waals surface area contributed by atoms with Crippen LogP contribution in [-0.2, 0) is 17.1 Å². The summed E-state index contributed by atoms with van der Waals surface area (Å²) in [4.78, 5) is 11.7. The van der Waals surface area contributed by atoms with Crippen LogP contribution in [0.1, 0.15) is 18.0 Å². The zero-order valence-corrected chi connectivity index (χ0v) is 13.9. The van der Waals surface area contributed by atoms with E-state index in [4.69, 9.17) is 4.42 Å². The SMILES string of the molecule is Cn1c(=O)oc2cc(S(=O)(=O)N3CC[C@@H]3c3ccccc3)ccc21. The lowest BCUT2D eigenvalue weighted by Crippen LogP contribution is -2.44. The normalized spacial score (nSPS) is 18.6. The number of aryl methyl sites for hydroxylation is 1. The topological polar surface area (TPSA) is 72.5 Å². The van der Waals surface area contributed by atoms with Gasteiger partial charge in [-0.05, 0) is 24.1 Å². The maximum absolute atomic E-state index is 12.9. The van der Waals surface area contributed by atoms with Gasteiger partial charge in [0.2, 0.25) is 10.0 Å². The number of benzene rings is 2. The van der Waals surface area contributed by atoms with Crippen LogP contribution in [0.25, 0.3) is 11.1 Å². The molecule has 1 saturated heterocycles. The number of nitrogens with zero attached hydrogens (tertiary/aromatic N) is 2. The van der Waals surface area contributed by atoms with Crippen LogP contribution in [0, 0.1) is 0 Å². The number of hydrogen-bond donors (Lipinski definition) is 0. The predicted molar refractivity (Wildman–Crippen MR) is 89.1 cm³/mol. The summed E-state index contributed by atoms with van der Waals surface area (Å²) in [6, 6.07) is 14.0. The predicted octanol–water partition coefficient (Wildman–Crippen LogP) is 2.27. The molecule has 2 aromatic carbocycles. The molecule has 6 nitrogen and oxygen atoms in total. The molecule has 1 atom stereocenters. The highest BCUT2D eigenvalue weighted by molar-refractivity contribution is 7.89. The molecule has 2 heterocycles. The van der Waals surface area contributed by atoms with Gasteiger partial charge >= 0.3 is 5.76 Å². The molecule has 1 aliphatic rings. The Balaban J connectivity index is 1.74. The Hall–Kier alpha value is -2.38. The molecule has 3 aromatic rings. The van der Waals surface area contributed by atoms with Crippen LogP contribution in [0.5, 0.6) is 0 Å². The second-order valence-corrected chi connectivity index (χ2v) is 7.78. The van der Waals surface area contributed by atoms with E-state index in [1.165, 1.54) is 21.0 Å². The molecule has 0 saturated carbocycles. The quantitative estimate of drug-likeness (QED) is 0.731. The van der Waals surface area contributed by atoms with Gasteiger partial charge in [-0.25, -0.2) is 13.2 Å². The van der Waals surface area contributed by atoms with E-state index >= 15 is 0 Å². The minimum absolute atomic E-state index is 0.144. The lowest BCUT2D eigenvalue weighted by Gasteiger charge is -2.39. The smallest absolute Gasteiger partial charge is 0.408 e. The van der Waals surface area contributed by atoms with Crippen LogP contribution in [0.15, 0.2) is 62.6 Å². The summed E-state index contributed by atoms with van der Waals surface area (Å²) < 4.78 is 33.8. The van der Waals surface area contributed by atoms with Crippen molar-refractivity contribution in [3.05, 3.63) is 64.6 Å². The van der Waals surface area contributed by atoms with Crippen molar-refractivity contribution >= 4 is 21.1 Å². The van der Waals surface area contributed by atoms with Crippen molar-refractivity contribution in [2.75, 3.05) is 6.54 Å². The molecule has 124 valence electrons. The van der Waals surface area contributed by atoms with Gasteiger partial charge in [0.05, 0.1) is 16.5 Å². The van der Waals surface area contributed by atoms with Gasteiger partial charge in [0.1, 0.15) is 0 Å². The van der Waals surface area contributed by atoms with E-state index in [2.05, 4.69) is 0 Å². The Morgan fingerprint density at radius 3 is 2.54 bits per heavy atom. The maximum Gasteiger partial charge on any atom is 0.419 e. The summed E-state index contributed by atoms with van der Waals surface area (Å²) in [7, 11) is -2.05. The fourth-order valence-electron chi connectivity index (χ4n) is 3.07. The minimum Gasteiger partial charge on any atom is -0.408 e. The molecular formula is C17H16N2O4S. The van der Waals surface area contributed by atoms with Gasteiger partial charge in [0.15, 0.2) is 5.58 Å². The molecule has 1 fully saturated rings. The summed E-state index contributed by atoms with van der Waals surface area (Å²) in [6.07, 6.45) is 0.798. The van der Waals surface area contributed by atoms with Crippen molar-refractivity contribution in [3.63, 3.8) is 0 Å². The van der Waals surface area contributed by atoms with Gasteiger partial charge in [-0.1, -0.05) is 30.3 Å². The highest BCUT2D eigenvalue weighted by Crippen LogP contribution is 2.38. The van der Waals surface area contributed by atoms with Gasteiger partial charge < -0.3 is 4.42 Å². The van der Waals surface area contributed by atoms with Crippen LogP contribution in [0.4, 0.5) is 0 Å². The molecule has 0 spiro atoms. The Bertz CT molecular complexity index is 1070. The van der Waals surface area contributed by atoms with E-state index in [0.29, 0.717) is 12.1 Å². The zero-order valence-electron chi connectivity index (χ0n) is 13.0. The molecular weight excluding hydrogens is 328 g/mol. The van der Waals surface area contributed by atoms with Crippen LogP contribution < -0.4 is 5.76 Å². The summed E-state index contributed by atoms with van der Waals surface area (Å²) in [6.45, 7) is 0.485.